The highest BCUT2D eigenvalue weighted by Crippen LogP contribution is 2.57. The van der Waals surface area contributed by atoms with Crippen LogP contribution in [-0.4, -0.2) is 41.8 Å². The minimum Gasteiger partial charge on any atom is -0.508 e. The number of benzene rings is 2. The zero-order chi connectivity index (χ0) is 18.5. The third kappa shape index (κ3) is 2.00. The van der Waals surface area contributed by atoms with E-state index in [0.29, 0.717) is 11.1 Å². The molecule has 134 valence electrons. The van der Waals surface area contributed by atoms with E-state index in [2.05, 4.69) is 0 Å². The molecule has 0 saturated heterocycles. The fourth-order valence-electron chi connectivity index (χ4n) is 3.88. The molecule has 0 amide bonds. The second-order valence-electron chi connectivity index (χ2n) is 6.30. The number of allylic oxidation sites excluding steroid dienone is 1. The normalized spacial score (nSPS) is 25.9. The van der Waals surface area contributed by atoms with Crippen molar-refractivity contribution >= 4 is 11.4 Å². The number of phenols is 1. The molecule has 4 rings (SSSR count). The smallest absolute Gasteiger partial charge is 0.291 e. The van der Waals surface area contributed by atoms with Crippen LogP contribution in [0.25, 0.3) is 5.57 Å². The molecule has 6 heteroatoms. The quantitative estimate of drug-likeness (QED) is 0.822. The zero-order valence-corrected chi connectivity index (χ0v) is 14.3. The Morgan fingerprint density at radius 2 is 1.77 bits per heavy atom. The van der Waals surface area contributed by atoms with Crippen molar-refractivity contribution in [3.8, 4) is 11.5 Å². The van der Waals surface area contributed by atoms with Crippen LogP contribution in [0.4, 0.5) is 0 Å². The lowest BCUT2D eigenvalue weighted by molar-refractivity contribution is -0.351. The Balaban J connectivity index is 2.02. The molecule has 1 heterocycles. The van der Waals surface area contributed by atoms with Gasteiger partial charge in [-0.2, -0.15) is 0 Å². The fraction of sp³-hybridized carbons (Fsp3) is 0.250. The predicted octanol–water partition coefficient (Wildman–Crippen LogP) is 2.21. The summed E-state index contributed by atoms with van der Waals surface area (Å²) in [5, 5.41) is 21.5. The lowest BCUT2D eigenvalue weighted by Gasteiger charge is -2.53. The molecule has 2 atom stereocenters. The molecule has 0 unspecified atom stereocenters. The third-order valence-electron chi connectivity index (χ3n) is 5.04. The van der Waals surface area contributed by atoms with E-state index in [-0.39, 0.29) is 22.9 Å². The van der Waals surface area contributed by atoms with Gasteiger partial charge in [0.05, 0.1) is 0 Å². The number of methoxy groups -OCH3 is 2. The molecule has 2 N–H and O–H groups in total. The number of rotatable bonds is 3. The first-order chi connectivity index (χ1) is 12.5. The van der Waals surface area contributed by atoms with Crippen molar-refractivity contribution in [1.82, 2.24) is 0 Å². The molecule has 2 aromatic rings. The number of carbonyl (C=O) groups excluding carboxylic acids is 1. The van der Waals surface area contributed by atoms with E-state index in [4.69, 9.17) is 14.2 Å². The average Bonchev–Trinajstić information content (AvgIpc) is 2.65. The van der Waals surface area contributed by atoms with E-state index in [1.807, 2.05) is 6.07 Å². The maximum Gasteiger partial charge on any atom is 0.291 e. The number of ether oxygens (including phenoxy) is 3. The Hall–Kier alpha value is -2.67. The summed E-state index contributed by atoms with van der Waals surface area (Å²) in [5.41, 5.74) is 1.26. The van der Waals surface area contributed by atoms with Gasteiger partial charge in [-0.15, -0.1) is 0 Å². The van der Waals surface area contributed by atoms with Crippen LogP contribution < -0.4 is 4.74 Å². The van der Waals surface area contributed by atoms with Gasteiger partial charge in [-0.1, -0.05) is 30.3 Å². The molecule has 2 aliphatic rings. The number of ketones is 1. The van der Waals surface area contributed by atoms with Crippen molar-refractivity contribution in [1.29, 1.82) is 0 Å². The van der Waals surface area contributed by atoms with Crippen molar-refractivity contribution in [3.05, 3.63) is 65.7 Å². The average molecular weight is 354 g/mol. The van der Waals surface area contributed by atoms with Gasteiger partial charge < -0.3 is 24.4 Å². The maximum atomic E-state index is 13.1. The van der Waals surface area contributed by atoms with Gasteiger partial charge >= 0.3 is 0 Å². The molecule has 0 aromatic heterocycles. The molecule has 26 heavy (non-hydrogen) atoms. The summed E-state index contributed by atoms with van der Waals surface area (Å²) < 4.78 is 17.1. The van der Waals surface area contributed by atoms with E-state index in [1.165, 1.54) is 38.5 Å². The van der Waals surface area contributed by atoms with Gasteiger partial charge in [-0.05, 0) is 29.8 Å². The standard InChI is InChI=1S/C20H18O6/c1-24-20(25-2)18-14-10-13(21)8-9-17(14)26-19(20,23)15(11-16(18)22)12-6-4-3-5-7-12/h3-11,18,21,23H,1-2H3/t18-,19-/m1/s1. The summed E-state index contributed by atoms with van der Waals surface area (Å²) in [4.78, 5) is 13.1. The Bertz CT molecular complexity index is 900. The van der Waals surface area contributed by atoms with Crippen LogP contribution in [-0.2, 0) is 14.3 Å². The van der Waals surface area contributed by atoms with Crippen LogP contribution >= 0.6 is 0 Å². The molecule has 0 fully saturated rings. The van der Waals surface area contributed by atoms with Crippen molar-refractivity contribution in [3.63, 3.8) is 0 Å². The van der Waals surface area contributed by atoms with Crippen molar-refractivity contribution in [2.75, 3.05) is 14.2 Å². The van der Waals surface area contributed by atoms with E-state index in [1.54, 1.807) is 24.3 Å². The predicted molar refractivity (Wildman–Crippen MR) is 92.6 cm³/mol. The lowest BCUT2D eigenvalue weighted by atomic mass is 9.70. The highest BCUT2D eigenvalue weighted by molar-refractivity contribution is 6.06. The SMILES string of the molecule is COC1(OC)[C@H]2C(=O)C=C(c3ccccc3)[C@@]1(O)Oc1ccc(O)cc12. The monoisotopic (exact) mass is 354 g/mol. The topological polar surface area (TPSA) is 85.2 Å². The molecule has 0 saturated carbocycles. The first kappa shape index (κ1) is 16.8. The molecule has 2 aromatic carbocycles. The van der Waals surface area contributed by atoms with Crippen molar-refractivity contribution < 1.29 is 29.2 Å². The summed E-state index contributed by atoms with van der Waals surface area (Å²) in [7, 11) is 2.69. The molecule has 2 bridgehead atoms. The highest BCUT2D eigenvalue weighted by atomic mass is 16.8. The summed E-state index contributed by atoms with van der Waals surface area (Å²) in [5.74, 6) is -4.90. The molecule has 1 aliphatic heterocycles. The van der Waals surface area contributed by atoms with E-state index in [9.17, 15) is 15.0 Å². The summed E-state index contributed by atoms with van der Waals surface area (Å²) in [6.07, 6.45) is 1.35. The Morgan fingerprint density at radius 3 is 2.42 bits per heavy atom. The minimum absolute atomic E-state index is 0.0236. The van der Waals surface area contributed by atoms with Crippen LogP contribution in [0.15, 0.2) is 54.6 Å². The number of hydrogen-bond donors (Lipinski definition) is 2. The summed E-state index contributed by atoms with van der Waals surface area (Å²) in [6, 6.07) is 13.3. The second-order valence-corrected chi connectivity index (χ2v) is 6.30. The number of fused-ring (bicyclic) bond motifs is 4. The molecule has 1 aliphatic carbocycles. The van der Waals surface area contributed by atoms with Crippen LogP contribution in [0, 0.1) is 0 Å². The van der Waals surface area contributed by atoms with Gasteiger partial charge in [0.15, 0.2) is 5.78 Å². The summed E-state index contributed by atoms with van der Waals surface area (Å²) >= 11 is 0. The summed E-state index contributed by atoms with van der Waals surface area (Å²) in [6.45, 7) is 0. The van der Waals surface area contributed by atoms with E-state index >= 15 is 0 Å². The Kier molecular flexibility index (Phi) is 3.66. The Labute approximate surface area is 150 Å². The lowest BCUT2D eigenvalue weighted by Crippen LogP contribution is -2.69. The number of carbonyl (C=O) groups is 1. The van der Waals surface area contributed by atoms with Crippen LogP contribution in [0.1, 0.15) is 17.0 Å². The van der Waals surface area contributed by atoms with Crippen LogP contribution in [0.3, 0.4) is 0 Å². The maximum absolute atomic E-state index is 13.1. The molecule has 0 spiro atoms. The second kappa shape index (κ2) is 5.67. The highest BCUT2D eigenvalue weighted by Gasteiger charge is 2.69. The zero-order valence-electron chi connectivity index (χ0n) is 14.3. The number of aromatic hydroxyl groups is 1. The van der Waals surface area contributed by atoms with Gasteiger partial charge in [0.25, 0.3) is 11.6 Å². The van der Waals surface area contributed by atoms with Gasteiger partial charge in [0, 0.05) is 25.4 Å². The molecular weight excluding hydrogens is 336 g/mol. The molecule has 6 nitrogen and oxygen atoms in total. The van der Waals surface area contributed by atoms with Crippen LogP contribution in [0.5, 0.6) is 11.5 Å². The molecule has 0 radical (unpaired) electrons. The number of hydrogen-bond acceptors (Lipinski definition) is 6. The first-order valence-electron chi connectivity index (χ1n) is 8.13. The third-order valence-corrected chi connectivity index (χ3v) is 5.04. The number of aliphatic hydroxyl groups is 1. The van der Waals surface area contributed by atoms with Crippen molar-refractivity contribution in [2.24, 2.45) is 0 Å². The first-order valence-corrected chi connectivity index (χ1v) is 8.13. The van der Waals surface area contributed by atoms with E-state index < -0.39 is 17.5 Å². The van der Waals surface area contributed by atoms with Gasteiger partial charge in [-0.25, -0.2) is 0 Å². The van der Waals surface area contributed by atoms with Crippen molar-refractivity contribution in [2.45, 2.75) is 17.5 Å². The molecular formula is C20H18O6. The van der Waals surface area contributed by atoms with Gasteiger partial charge in [-0.3, -0.25) is 4.79 Å². The largest absolute Gasteiger partial charge is 0.508 e. The minimum atomic E-state index is -2.06. The number of phenolic OH excluding ortho intramolecular Hbond substituents is 1. The van der Waals surface area contributed by atoms with Crippen LogP contribution in [0.2, 0.25) is 0 Å². The fourth-order valence-corrected chi connectivity index (χ4v) is 3.88. The van der Waals surface area contributed by atoms with Gasteiger partial charge in [0.2, 0.25) is 0 Å². The van der Waals surface area contributed by atoms with E-state index in [0.717, 1.165) is 0 Å². The Morgan fingerprint density at radius 1 is 1.08 bits per heavy atom. The van der Waals surface area contributed by atoms with Gasteiger partial charge in [0.1, 0.15) is 17.4 Å².